The molecule has 0 aliphatic rings. The zero-order valence-electron chi connectivity index (χ0n) is 14.5. The van der Waals surface area contributed by atoms with Gasteiger partial charge in [0.1, 0.15) is 24.1 Å². The smallest absolute Gasteiger partial charge is 0.293 e. The Morgan fingerprint density at radius 1 is 1.37 bits per heavy atom. The molecule has 0 aliphatic carbocycles. The van der Waals surface area contributed by atoms with E-state index in [0.29, 0.717) is 11.3 Å². The Bertz CT molecular complexity index is 1030. The van der Waals surface area contributed by atoms with Gasteiger partial charge in [-0.25, -0.2) is 4.98 Å². The summed E-state index contributed by atoms with van der Waals surface area (Å²) in [4.78, 5) is 28.9. The zero-order chi connectivity index (χ0) is 19.4. The van der Waals surface area contributed by atoms with E-state index >= 15 is 0 Å². The summed E-state index contributed by atoms with van der Waals surface area (Å²) in [6.45, 7) is 1.99. The molecule has 140 valence electrons. The van der Waals surface area contributed by atoms with E-state index in [1.165, 1.54) is 18.5 Å². The van der Waals surface area contributed by atoms with Crippen LogP contribution in [-0.2, 0) is 0 Å². The zero-order valence-corrected chi connectivity index (χ0v) is 14.5. The number of nitro groups is 1. The van der Waals surface area contributed by atoms with Gasteiger partial charge in [0.2, 0.25) is 0 Å². The molecule has 0 bridgehead atoms. The van der Waals surface area contributed by atoms with Crippen molar-refractivity contribution in [3.8, 4) is 5.75 Å². The summed E-state index contributed by atoms with van der Waals surface area (Å²) in [5, 5.41) is 24.4. The fraction of sp³-hybridized carbons (Fsp3) is 0.222. The summed E-state index contributed by atoms with van der Waals surface area (Å²) in [5.74, 6) is 0.633. The van der Waals surface area contributed by atoms with Crippen LogP contribution in [0.4, 0.5) is 11.4 Å². The van der Waals surface area contributed by atoms with Crippen molar-refractivity contribution < 1.29 is 14.8 Å². The van der Waals surface area contributed by atoms with Gasteiger partial charge in [0, 0.05) is 12.6 Å². The first kappa shape index (κ1) is 18.3. The third kappa shape index (κ3) is 4.39. The molecule has 0 spiro atoms. The molecular weight excluding hydrogens is 352 g/mol. The van der Waals surface area contributed by atoms with E-state index < -0.39 is 16.6 Å². The predicted molar refractivity (Wildman–Crippen MR) is 100 cm³/mol. The molecule has 0 fully saturated rings. The van der Waals surface area contributed by atoms with Crippen LogP contribution in [-0.4, -0.2) is 39.3 Å². The fourth-order valence-corrected chi connectivity index (χ4v) is 2.58. The largest absolute Gasteiger partial charge is 0.491 e. The molecule has 3 N–H and O–H groups in total. The summed E-state index contributed by atoms with van der Waals surface area (Å²) < 4.78 is 5.52. The predicted octanol–water partition coefficient (Wildman–Crippen LogP) is 1.99. The van der Waals surface area contributed by atoms with Crippen LogP contribution in [0.1, 0.15) is 5.56 Å². The maximum absolute atomic E-state index is 11.8. The van der Waals surface area contributed by atoms with Gasteiger partial charge < -0.3 is 20.1 Å². The summed E-state index contributed by atoms with van der Waals surface area (Å²) in [7, 11) is 0. The number of anilines is 1. The van der Waals surface area contributed by atoms with Gasteiger partial charge >= 0.3 is 0 Å². The first-order valence-electron chi connectivity index (χ1n) is 8.21. The number of nitrogens with one attached hydrogen (secondary N) is 2. The Morgan fingerprint density at radius 2 is 2.19 bits per heavy atom. The van der Waals surface area contributed by atoms with E-state index in [4.69, 9.17) is 4.74 Å². The lowest BCUT2D eigenvalue weighted by molar-refractivity contribution is -0.383. The van der Waals surface area contributed by atoms with E-state index in [9.17, 15) is 20.0 Å². The lowest BCUT2D eigenvalue weighted by atomic mass is 10.2. The monoisotopic (exact) mass is 370 g/mol. The molecule has 9 heteroatoms. The number of benzene rings is 2. The number of aliphatic hydroxyl groups excluding tert-OH is 1. The van der Waals surface area contributed by atoms with Crippen molar-refractivity contribution in [2.45, 2.75) is 13.0 Å². The Balaban J connectivity index is 1.71. The van der Waals surface area contributed by atoms with Crippen LogP contribution in [0.2, 0.25) is 0 Å². The number of fused-ring (bicyclic) bond motifs is 1. The first-order valence-corrected chi connectivity index (χ1v) is 8.21. The number of aromatic amines is 1. The molecule has 1 heterocycles. The highest BCUT2D eigenvalue weighted by molar-refractivity contribution is 5.86. The number of hydrogen-bond acceptors (Lipinski definition) is 7. The highest BCUT2D eigenvalue weighted by Crippen LogP contribution is 2.27. The minimum atomic E-state index is -0.895. The molecular formula is C18H18N4O5. The molecule has 3 rings (SSSR count). The summed E-state index contributed by atoms with van der Waals surface area (Å²) in [6, 6.07) is 9.99. The number of nitro benzene ring substituents is 1. The number of rotatable bonds is 7. The van der Waals surface area contributed by atoms with Gasteiger partial charge in [0.25, 0.3) is 11.2 Å². The van der Waals surface area contributed by atoms with Gasteiger partial charge in [-0.3, -0.25) is 14.9 Å². The Hall–Kier alpha value is -3.46. The molecule has 0 amide bonds. The molecule has 0 saturated heterocycles. The number of aryl methyl sites for hydroxylation is 1. The average molecular weight is 370 g/mol. The topological polar surface area (TPSA) is 130 Å². The Labute approximate surface area is 153 Å². The summed E-state index contributed by atoms with van der Waals surface area (Å²) in [5.41, 5.74) is 0.793. The summed E-state index contributed by atoms with van der Waals surface area (Å²) in [6.07, 6.45) is 0.332. The Kier molecular flexibility index (Phi) is 5.32. The van der Waals surface area contributed by atoms with Crippen molar-refractivity contribution in [1.29, 1.82) is 0 Å². The second kappa shape index (κ2) is 7.83. The van der Waals surface area contributed by atoms with Crippen LogP contribution < -0.4 is 15.6 Å². The van der Waals surface area contributed by atoms with Crippen molar-refractivity contribution in [1.82, 2.24) is 9.97 Å². The lowest BCUT2D eigenvalue weighted by Crippen LogP contribution is -2.26. The van der Waals surface area contributed by atoms with Crippen LogP contribution in [0, 0.1) is 17.0 Å². The molecule has 27 heavy (non-hydrogen) atoms. The number of aromatic nitrogens is 2. The van der Waals surface area contributed by atoms with E-state index in [1.807, 2.05) is 25.1 Å². The molecule has 0 saturated carbocycles. The van der Waals surface area contributed by atoms with Crippen molar-refractivity contribution in [3.63, 3.8) is 0 Å². The van der Waals surface area contributed by atoms with Crippen molar-refractivity contribution in [3.05, 3.63) is 68.8 Å². The number of H-pyrrole nitrogens is 1. The molecule has 1 atom stereocenters. The van der Waals surface area contributed by atoms with Crippen LogP contribution in [0.5, 0.6) is 5.75 Å². The number of nitrogens with zero attached hydrogens (tertiary/aromatic N) is 2. The van der Waals surface area contributed by atoms with Crippen LogP contribution in [0.25, 0.3) is 10.9 Å². The second-order valence-corrected chi connectivity index (χ2v) is 6.04. The third-order valence-corrected chi connectivity index (χ3v) is 3.91. The first-order chi connectivity index (χ1) is 12.9. The van der Waals surface area contributed by atoms with Crippen molar-refractivity contribution in [2.24, 2.45) is 0 Å². The van der Waals surface area contributed by atoms with E-state index in [-0.39, 0.29) is 29.9 Å². The maximum Gasteiger partial charge on any atom is 0.293 e. The summed E-state index contributed by atoms with van der Waals surface area (Å²) >= 11 is 0. The highest BCUT2D eigenvalue weighted by atomic mass is 16.6. The van der Waals surface area contributed by atoms with Gasteiger partial charge in [-0.05, 0) is 30.7 Å². The fourth-order valence-electron chi connectivity index (χ4n) is 2.58. The lowest BCUT2D eigenvalue weighted by Gasteiger charge is -2.14. The van der Waals surface area contributed by atoms with Gasteiger partial charge in [0.15, 0.2) is 0 Å². The normalized spacial score (nSPS) is 11.9. The number of ether oxygens (including phenoxy) is 1. The van der Waals surface area contributed by atoms with Gasteiger partial charge in [-0.1, -0.05) is 12.1 Å². The number of aliphatic hydroxyl groups is 1. The third-order valence-electron chi connectivity index (χ3n) is 3.91. The molecule has 0 aliphatic heterocycles. The Morgan fingerprint density at radius 3 is 2.93 bits per heavy atom. The minimum absolute atomic E-state index is 0.0236. The molecule has 0 radical (unpaired) electrons. The number of hydrogen-bond donors (Lipinski definition) is 3. The second-order valence-electron chi connectivity index (χ2n) is 6.04. The van der Waals surface area contributed by atoms with E-state index in [2.05, 4.69) is 15.3 Å². The van der Waals surface area contributed by atoms with Gasteiger partial charge in [-0.2, -0.15) is 0 Å². The van der Waals surface area contributed by atoms with Crippen molar-refractivity contribution >= 4 is 22.3 Å². The molecule has 3 aromatic rings. The SMILES string of the molecule is Cc1cccc(OCC(O)CNc2cc3nc[nH]c(=O)c3cc2[N+](=O)[O-])c1. The maximum atomic E-state index is 11.8. The quantitative estimate of drug-likeness (QED) is 0.428. The molecule has 1 aromatic heterocycles. The van der Waals surface area contributed by atoms with Crippen LogP contribution in [0.3, 0.4) is 0 Å². The highest BCUT2D eigenvalue weighted by Gasteiger charge is 2.18. The van der Waals surface area contributed by atoms with Gasteiger partial charge in [-0.15, -0.1) is 0 Å². The minimum Gasteiger partial charge on any atom is -0.491 e. The average Bonchev–Trinajstić information content (AvgIpc) is 2.64. The van der Waals surface area contributed by atoms with E-state index in [1.54, 1.807) is 6.07 Å². The molecule has 1 unspecified atom stereocenters. The molecule has 9 nitrogen and oxygen atoms in total. The molecule has 2 aromatic carbocycles. The van der Waals surface area contributed by atoms with E-state index in [0.717, 1.165) is 5.56 Å². The van der Waals surface area contributed by atoms with Crippen LogP contribution >= 0.6 is 0 Å². The van der Waals surface area contributed by atoms with Gasteiger partial charge in [0.05, 0.1) is 22.2 Å². The van der Waals surface area contributed by atoms with Crippen molar-refractivity contribution in [2.75, 3.05) is 18.5 Å². The van der Waals surface area contributed by atoms with Crippen LogP contribution in [0.15, 0.2) is 47.5 Å². The standard InChI is InChI=1S/C18H18N4O5/c1-11-3-2-4-13(5-11)27-9-12(23)8-19-16-7-15-14(6-17(16)22(25)26)18(24)21-10-20-15/h2-7,10,12,19,23H,8-9H2,1H3,(H,20,21,24).